The normalized spacial score (nSPS) is 20.0. The molecule has 1 aliphatic rings. The first-order valence-electron chi connectivity index (χ1n) is 10.8. The Balaban J connectivity index is 1.47. The van der Waals surface area contributed by atoms with Gasteiger partial charge in [-0.25, -0.2) is 0 Å². The Bertz CT molecular complexity index is 814. The molecule has 0 aliphatic heterocycles. The number of ether oxygens (including phenoxy) is 1. The van der Waals surface area contributed by atoms with E-state index in [1.54, 1.807) is 7.11 Å². The van der Waals surface area contributed by atoms with E-state index < -0.39 is 0 Å². The van der Waals surface area contributed by atoms with Crippen molar-refractivity contribution in [2.45, 2.75) is 38.1 Å². The molecule has 0 spiro atoms. The second-order valence-corrected chi connectivity index (χ2v) is 9.01. The van der Waals surface area contributed by atoms with Crippen LogP contribution in [0.5, 0.6) is 5.75 Å². The van der Waals surface area contributed by atoms with Crippen LogP contribution >= 0.6 is 11.6 Å². The predicted molar refractivity (Wildman–Crippen MR) is 123 cm³/mol. The average Bonchev–Trinajstić information content (AvgIpc) is 2.74. The predicted octanol–water partition coefficient (Wildman–Crippen LogP) is 5.12. The van der Waals surface area contributed by atoms with Crippen LogP contribution in [0.25, 0.3) is 0 Å². The van der Waals surface area contributed by atoms with Crippen molar-refractivity contribution in [3.05, 3.63) is 64.7 Å². The van der Waals surface area contributed by atoms with Crippen molar-refractivity contribution in [3.8, 4) is 5.75 Å². The molecule has 5 heteroatoms. The van der Waals surface area contributed by atoms with Crippen molar-refractivity contribution in [2.24, 2.45) is 11.8 Å². The van der Waals surface area contributed by atoms with Crippen molar-refractivity contribution in [1.29, 1.82) is 0 Å². The lowest BCUT2D eigenvalue weighted by Gasteiger charge is -2.37. The standard InChI is InChI=1S/C25H33ClN2O2/c1-28(2)25(21-11-13-22(26)14-12-21)20-9-7-18(8-10-20)17-27-24(29)16-19-5-4-6-23(15-19)30-3/h4-6,11-15,18,20,25H,7-10,16-17H2,1-3H3,(H,27,29). The number of hydrogen-bond acceptors (Lipinski definition) is 3. The van der Waals surface area contributed by atoms with E-state index in [4.69, 9.17) is 16.3 Å². The lowest BCUT2D eigenvalue weighted by molar-refractivity contribution is -0.120. The van der Waals surface area contributed by atoms with Gasteiger partial charge in [-0.15, -0.1) is 0 Å². The molecule has 4 nitrogen and oxygen atoms in total. The fourth-order valence-electron chi connectivity index (χ4n) is 4.65. The molecule has 2 aromatic rings. The lowest BCUT2D eigenvalue weighted by atomic mass is 9.76. The quantitative estimate of drug-likeness (QED) is 0.634. The van der Waals surface area contributed by atoms with Crippen molar-refractivity contribution in [3.63, 3.8) is 0 Å². The zero-order valence-electron chi connectivity index (χ0n) is 18.2. The van der Waals surface area contributed by atoms with Gasteiger partial charge in [0.25, 0.3) is 0 Å². The number of methoxy groups -OCH3 is 1. The number of benzene rings is 2. The Morgan fingerprint density at radius 3 is 2.47 bits per heavy atom. The Kier molecular flexibility index (Phi) is 8.17. The maximum atomic E-state index is 12.4. The van der Waals surface area contributed by atoms with Gasteiger partial charge in [0, 0.05) is 17.6 Å². The molecule has 2 aromatic carbocycles. The highest BCUT2D eigenvalue weighted by Crippen LogP contribution is 2.39. The molecular formula is C25H33ClN2O2. The molecule has 0 aromatic heterocycles. The lowest BCUT2D eigenvalue weighted by Crippen LogP contribution is -2.35. The van der Waals surface area contributed by atoms with Crippen LogP contribution in [0.15, 0.2) is 48.5 Å². The van der Waals surface area contributed by atoms with E-state index in [0.717, 1.165) is 35.7 Å². The van der Waals surface area contributed by atoms with Crippen molar-refractivity contribution < 1.29 is 9.53 Å². The van der Waals surface area contributed by atoms with Gasteiger partial charge in [0.05, 0.1) is 13.5 Å². The van der Waals surface area contributed by atoms with Gasteiger partial charge in [0.1, 0.15) is 5.75 Å². The molecular weight excluding hydrogens is 396 g/mol. The molecule has 30 heavy (non-hydrogen) atoms. The first kappa shape index (κ1) is 22.6. The minimum atomic E-state index is 0.0812. The van der Waals surface area contributed by atoms with Gasteiger partial charge < -0.3 is 15.0 Å². The minimum Gasteiger partial charge on any atom is -0.497 e. The van der Waals surface area contributed by atoms with Crippen LogP contribution in [0.1, 0.15) is 42.9 Å². The molecule has 3 rings (SSSR count). The summed E-state index contributed by atoms with van der Waals surface area (Å²) in [5.74, 6) is 2.06. The molecule has 0 bridgehead atoms. The Labute approximate surface area is 185 Å². The van der Waals surface area contributed by atoms with Crippen LogP contribution in [-0.4, -0.2) is 38.6 Å². The van der Waals surface area contributed by atoms with Crippen LogP contribution in [0, 0.1) is 11.8 Å². The van der Waals surface area contributed by atoms with E-state index in [2.05, 4.69) is 36.4 Å². The maximum Gasteiger partial charge on any atom is 0.224 e. The second kappa shape index (κ2) is 10.8. The van der Waals surface area contributed by atoms with Crippen molar-refractivity contribution in [1.82, 2.24) is 10.2 Å². The van der Waals surface area contributed by atoms with E-state index in [1.807, 2.05) is 36.4 Å². The first-order valence-corrected chi connectivity index (χ1v) is 11.2. The molecule has 1 fully saturated rings. The van der Waals surface area contributed by atoms with Gasteiger partial charge in [-0.1, -0.05) is 35.9 Å². The largest absolute Gasteiger partial charge is 0.497 e. The van der Waals surface area contributed by atoms with Gasteiger partial charge in [0.2, 0.25) is 5.91 Å². The van der Waals surface area contributed by atoms with E-state index >= 15 is 0 Å². The van der Waals surface area contributed by atoms with Crippen molar-refractivity contribution >= 4 is 17.5 Å². The third-order valence-electron chi connectivity index (χ3n) is 6.19. The maximum absolute atomic E-state index is 12.4. The third kappa shape index (κ3) is 6.23. The zero-order chi connectivity index (χ0) is 21.5. The summed E-state index contributed by atoms with van der Waals surface area (Å²) < 4.78 is 5.23. The molecule has 162 valence electrons. The van der Waals surface area contributed by atoms with Gasteiger partial charge in [-0.05, 0) is 87.0 Å². The number of hydrogen-bond donors (Lipinski definition) is 1. The summed E-state index contributed by atoms with van der Waals surface area (Å²) >= 11 is 6.07. The fraction of sp³-hybridized carbons (Fsp3) is 0.480. The Morgan fingerprint density at radius 2 is 1.83 bits per heavy atom. The fourth-order valence-corrected chi connectivity index (χ4v) is 4.77. The number of nitrogens with zero attached hydrogens (tertiary/aromatic N) is 1. The van der Waals surface area contributed by atoms with Crippen LogP contribution < -0.4 is 10.1 Å². The summed E-state index contributed by atoms with van der Waals surface area (Å²) in [7, 11) is 5.96. The Morgan fingerprint density at radius 1 is 1.13 bits per heavy atom. The molecule has 1 N–H and O–H groups in total. The molecule has 1 unspecified atom stereocenters. The smallest absolute Gasteiger partial charge is 0.224 e. The van der Waals surface area contributed by atoms with E-state index in [-0.39, 0.29) is 5.91 Å². The molecule has 0 heterocycles. The van der Waals surface area contributed by atoms with Gasteiger partial charge in [0.15, 0.2) is 0 Å². The number of nitrogens with one attached hydrogen (secondary N) is 1. The number of rotatable bonds is 8. The van der Waals surface area contributed by atoms with Gasteiger partial charge in [-0.2, -0.15) is 0 Å². The number of halogens is 1. The highest BCUT2D eigenvalue weighted by Gasteiger charge is 2.30. The summed E-state index contributed by atoms with van der Waals surface area (Å²) in [4.78, 5) is 14.7. The van der Waals surface area contributed by atoms with E-state index in [1.165, 1.54) is 18.4 Å². The van der Waals surface area contributed by atoms with Gasteiger partial charge in [-0.3, -0.25) is 4.79 Å². The number of amides is 1. The number of carbonyl (C=O) groups is 1. The molecule has 1 amide bonds. The summed E-state index contributed by atoms with van der Waals surface area (Å²) in [6.45, 7) is 0.767. The highest BCUT2D eigenvalue weighted by molar-refractivity contribution is 6.30. The van der Waals surface area contributed by atoms with Gasteiger partial charge >= 0.3 is 0 Å². The molecule has 0 radical (unpaired) electrons. The molecule has 0 saturated heterocycles. The molecule has 1 atom stereocenters. The minimum absolute atomic E-state index is 0.0812. The van der Waals surface area contributed by atoms with Crippen LogP contribution in [0.2, 0.25) is 5.02 Å². The summed E-state index contributed by atoms with van der Waals surface area (Å²) in [5.41, 5.74) is 2.31. The third-order valence-corrected chi connectivity index (χ3v) is 6.44. The Hall–Kier alpha value is -2.04. The molecule has 1 aliphatic carbocycles. The average molecular weight is 429 g/mol. The second-order valence-electron chi connectivity index (χ2n) is 8.57. The topological polar surface area (TPSA) is 41.6 Å². The first-order chi connectivity index (χ1) is 14.5. The van der Waals surface area contributed by atoms with Crippen LogP contribution in [-0.2, 0) is 11.2 Å². The monoisotopic (exact) mass is 428 g/mol. The highest BCUT2D eigenvalue weighted by atomic mass is 35.5. The summed E-state index contributed by atoms with van der Waals surface area (Å²) in [6, 6.07) is 16.4. The SMILES string of the molecule is COc1cccc(CC(=O)NCC2CCC(C(c3ccc(Cl)cc3)N(C)C)CC2)c1. The van der Waals surface area contributed by atoms with Crippen LogP contribution in [0.4, 0.5) is 0 Å². The van der Waals surface area contributed by atoms with E-state index in [9.17, 15) is 4.79 Å². The van der Waals surface area contributed by atoms with Crippen molar-refractivity contribution in [2.75, 3.05) is 27.7 Å². The number of carbonyl (C=O) groups excluding carboxylic acids is 1. The van der Waals surface area contributed by atoms with Crippen LogP contribution in [0.3, 0.4) is 0 Å². The zero-order valence-corrected chi connectivity index (χ0v) is 19.0. The summed E-state index contributed by atoms with van der Waals surface area (Å²) in [6.07, 6.45) is 5.07. The summed E-state index contributed by atoms with van der Waals surface area (Å²) in [5, 5.41) is 3.92. The molecule has 1 saturated carbocycles. The van der Waals surface area contributed by atoms with E-state index in [0.29, 0.717) is 24.3 Å².